The minimum absolute atomic E-state index is 0.157. The number of pyridine rings is 1. The Morgan fingerprint density at radius 1 is 0.957 bits per heavy atom. The molecule has 5 heteroatoms. The highest BCUT2D eigenvalue weighted by atomic mass is 32.1. The minimum atomic E-state index is 0.157. The van der Waals surface area contributed by atoms with E-state index in [0.717, 1.165) is 10.6 Å². The van der Waals surface area contributed by atoms with Crippen LogP contribution in [0.15, 0.2) is 78.4 Å². The number of anilines is 1. The molecule has 3 aromatic rings. The molecule has 2 aromatic heterocycles. The summed E-state index contributed by atoms with van der Waals surface area (Å²) in [5.41, 5.74) is 1.43. The molecule has 114 valence electrons. The molecule has 23 heavy (non-hydrogen) atoms. The van der Waals surface area contributed by atoms with Crippen LogP contribution < -0.4 is 9.88 Å². The van der Waals surface area contributed by atoms with Crippen LogP contribution in [0.3, 0.4) is 0 Å². The molecule has 1 aromatic carbocycles. The number of thiophene rings is 1. The van der Waals surface area contributed by atoms with Gasteiger partial charge in [0.05, 0.1) is 4.88 Å². The fourth-order valence-electron chi connectivity index (χ4n) is 2.14. The van der Waals surface area contributed by atoms with Crippen molar-refractivity contribution in [3.8, 4) is 0 Å². The first kappa shape index (κ1) is 15.4. The van der Waals surface area contributed by atoms with Crippen LogP contribution >= 0.6 is 23.6 Å². The average Bonchev–Trinajstić information content (AvgIpc) is 3.11. The first-order valence-corrected chi connectivity index (χ1v) is 8.34. The van der Waals surface area contributed by atoms with Crippen molar-refractivity contribution in [1.82, 2.24) is 0 Å². The number of benzene rings is 1. The number of thiocarbonyl (C=S) groups is 1. The van der Waals surface area contributed by atoms with Gasteiger partial charge in [0.25, 0.3) is 5.70 Å². The molecule has 2 heterocycles. The van der Waals surface area contributed by atoms with Gasteiger partial charge in [-0.15, -0.1) is 11.3 Å². The van der Waals surface area contributed by atoms with E-state index in [2.05, 4.69) is 5.32 Å². The Balaban J connectivity index is 2.02. The van der Waals surface area contributed by atoms with Gasteiger partial charge in [0.15, 0.2) is 17.4 Å². The molecule has 0 saturated heterocycles. The van der Waals surface area contributed by atoms with Crippen LogP contribution in [0.5, 0.6) is 0 Å². The Morgan fingerprint density at radius 3 is 2.30 bits per heavy atom. The maximum Gasteiger partial charge on any atom is 0.289 e. The summed E-state index contributed by atoms with van der Waals surface area (Å²) in [5, 5.41) is 15.8. The topological polar surface area (TPSA) is 36.1 Å². The number of hydrogen-bond donors (Lipinski definition) is 2. The van der Waals surface area contributed by atoms with Crippen molar-refractivity contribution < 1.29 is 9.67 Å². The van der Waals surface area contributed by atoms with Crippen LogP contribution in [-0.4, -0.2) is 10.1 Å². The van der Waals surface area contributed by atoms with Crippen molar-refractivity contribution in [2.75, 3.05) is 5.32 Å². The number of aromatic nitrogens is 1. The number of nitrogens with one attached hydrogen (secondary N) is 1. The number of nitrogens with zero attached hydrogens (tertiary/aromatic N) is 1. The fraction of sp³-hybridized carbons (Fsp3) is 0. The monoisotopic (exact) mass is 339 g/mol. The first-order valence-electron chi connectivity index (χ1n) is 7.06. The van der Waals surface area contributed by atoms with Crippen LogP contribution in [0.4, 0.5) is 5.69 Å². The molecule has 0 aliphatic rings. The lowest BCUT2D eigenvalue weighted by Crippen LogP contribution is -2.38. The molecule has 0 unspecified atom stereocenters. The van der Waals surface area contributed by atoms with E-state index in [-0.39, 0.29) is 5.76 Å². The molecule has 0 aliphatic heterocycles. The number of para-hydroxylation sites is 1. The molecule has 2 N–H and O–H groups in total. The molecule has 0 fully saturated rings. The molecule has 0 radical (unpaired) electrons. The fourth-order valence-corrected chi connectivity index (χ4v) is 3.13. The smallest absolute Gasteiger partial charge is 0.289 e. The van der Waals surface area contributed by atoms with Crippen molar-refractivity contribution in [3.63, 3.8) is 0 Å². The standard InChI is InChI=1S/C18H14N2OS2/c21-17(15-10-7-13-23-15)16(20-11-5-2-6-12-20)18(22)19-14-8-3-1-4-9-14/h1-13H,(H-,19,21,22)/p+1. The average molecular weight is 339 g/mol. The molecule has 3 nitrogen and oxygen atoms in total. The third kappa shape index (κ3) is 3.64. The van der Waals surface area contributed by atoms with E-state index < -0.39 is 0 Å². The van der Waals surface area contributed by atoms with Crippen LogP contribution in [0, 0.1) is 0 Å². The van der Waals surface area contributed by atoms with Crippen LogP contribution in [-0.2, 0) is 0 Å². The zero-order valence-corrected chi connectivity index (χ0v) is 13.8. The van der Waals surface area contributed by atoms with E-state index in [1.165, 1.54) is 11.3 Å². The molecular weight excluding hydrogens is 324 g/mol. The van der Waals surface area contributed by atoms with Gasteiger partial charge in [0.2, 0.25) is 5.76 Å². The van der Waals surface area contributed by atoms with Crippen molar-refractivity contribution >= 4 is 45.7 Å². The largest absolute Gasteiger partial charge is 0.501 e. The third-order valence-corrected chi connectivity index (χ3v) is 4.37. The van der Waals surface area contributed by atoms with E-state index in [4.69, 9.17) is 12.2 Å². The van der Waals surface area contributed by atoms with Crippen molar-refractivity contribution in [3.05, 3.63) is 83.3 Å². The number of rotatable bonds is 4. The van der Waals surface area contributed by atoms with Crippen LogP contribution in [0.25, 0.3) is 11.5 Å². The summed E-state index contributed by atoms with van der Waals surface area (Å²) in [4.78, 5) is 1.23. The summed E-state index contributed by atoms with van der Waals surface area (Å²) < 4.78 is 1.81. The van der Waals surface area contributed by atoms with Gasteiger partial charge in [-0.3, -0.25) is 0 Å². The predicted octanol–water partition coefficient (Wildman–Crippen LogP) is 4.36. The summed E-state index contributed by atoms with van der Waals surface area (Å²) in [5.74, 6) is 0.157. The lowest BCUT2D eigenvalue weighted by Gasteiger charge is -2.09. The van der Waals surface area contributed by atoms with Gasteiger partial charge in [-0.1, -0.05) is 42.5 Å². The second kappa shape index (κ2) is 7.17. The lowest BCUT2D eigenvalue weighted by molar-refractivity contribution is -0.575. The highest BCUT2D eigenvalue weighted by Crippen LogP contribution is 2.22. The van der Waals surface area contributed by atoms with Gasteiger partial charge < -0.3 is 10.4 Å². The van der Waals surface area contributed by atoms with Gasteiger partial charge in [-0.25, -0.2) is 0 Å². The van der Waals surface area contributed by atoms with E-state index in [9.17, 15) is 5.11 Å². The minimum Gasteiger partial charge on any atom is -0.501 e. The van der Waals surface area contributed by atoms with Crippen molar-refractivity contribution in [2.24, 2.45) is 0 Å². The summed E-state index contributed by atoms with van der Waals surface area (Å²) in [6.45, 7) is 0. The Hall–Kier alpha value is -2.50. The van der Waals surface area contributed by atoms with E-state index in [1.807, 2.05) is 83.0 Å². The summed E-state index contributed by atoms with van der Waals surface area (Å²) in [6, 6.07) is 19.2. The molecule has 0 amide bonds. The van der Waals surface area contributed by atoms with Gasteiger partial charge in [0.1, 0.15) is 0 Å². The molecule has 0 atom stereocenters. The lowest BCUT2D eigenvalue weighted by atomic mass is 10.2. The summed E-state index contributed by atoms with van der Waals surface area (Å²) in [6.07, 6.45) is 3.72. The molecule has 3 rings (SSSR count). The SMILES string of the molecule is O/C(=C(/C(=S)Nc1ccccc1)[n+]1ccccc1)c1cccs1. The van der Waals surface area contributed by atoms with Gasteiger partial charge in [0, 0.05) is 17.8 Å². The molecule has 0 spiro atoms. The highest BCUT2D eigenvalue weighted by molar-refractivity contribution is 7.81. The molecular formula is C18H15N2OS2+. The van der Waals surface area contributed by atoms with Gasteiger partial charge in [-0.2, -0.15) is 4.57 Å². The van der Waals surface area contributed by atoms with Crippen molar-refractivity contribution in [2.45, 2.75) is 0 Å². The Kier molecular flexibility index (Phi) is 4.80. The Bertz CT molecular complexity index is 813. The number of aliphatic hydroxyl groups excluding tert-OH is 1. The number of hydrogen-bond acceptors (Lipinski definition) is 3. The zero-order valence-electron chi connectivity index (χ0n) is 12.2. The number of aliphatic hydroxyl groups is 1. The second-order valence-electron chi connectivity index (χ2n) is 4.78. The predicted molar refractivity (Wildman–Crippen MR) is 99.4 cm³/mol. The molecule has 0 bridgehead atoms. The van der Waals surface area contributed by atoms with Crippen molar-refractivity contribution in [1.29, 1.82) is 0 Å². The second-order valence-corrected chi connectivity index (χ2v) is 6.13. The zero-order chi connectivity index (χ0) is 16.1. The Morgan fingerprint density at radius 2 is 1.65 bits per heavy atom. The molecule has 0 saturated carbocycles. The summed E-state index contributed by atoms with van der Waals surface area (Å²) >= 11 is 7.01. The highest BCUT2D eigenvalue weighted by Gasteiger charge is 2.23. The van der Waals surface area contributed by atoms with Gasteiger partial charge >= 0.3 is 0 Å². The third-order valence-electron chi connectivity index (χ3n) is 3.20. The normalized spacial score (nSPS) is 11.7. The van der Waals surface area contributed by atoms with Crippen LogP contribution in [0.1, 0.15) is 4.88 Å². The molecule has 0 aliphatic carbocycles. The van der Waals surface area contributed by atoms with E-state index >= 15 is 0 Å². The maximum atomic E-state index is 10.7. The first-order chi connectivity index (χ1) is 11.3. The van der Waals surface area contributed by atoms with E-state index in [1.54, 1.807) is 0 Å². The quantitative estimate of drug-likeness (QED) is 0.321. The Labute approximate surface area is 144 Å². The summed E-state index contributed by atoms with van der Waals surface area (Å²) in [7, 11) is 0. The van der Waals surface area contributed by atoms with Gasteiger partial charge in [-0.05, 0) is 23.6 Å². The maximum absolute atomic E-state index is 10.7. The van der Waals surface area contributed by atoms with Crippen LogP contribution in [0.2, 0.25) is 0 Å². The van der Waals surface area contributed by atoms with E-state index in [0.29, 0.717) is 10.7 Å².